The lowest BCUT2D eigenvalue weighted by Gasteiger charge is -2.05. The molecule has 0 radical (unpaired) electrons. The van der Waals surface area contributed by atoms with Crippen LogP contribution in [0.3, 0.4) is 0 Å². The lowest BCUT2D eigenvalue weighted by molar-refractivity contribution is 0.706. The molecule has 0 aliphatic heterocycles. The molecule has 0 amide bonds. The first-order valence-corrected chi connectivity index (χ1v) is 7.41. The van der Waals surface area contributed by atoms with Gasteiger partial charge in [-0.15, -0.1) is 0 Å². The second-order valence-electron chi connectivity index (χ2n) is 5.33. The van der Waals surface area contributed by atoms with Gasteiger partial charge in [0.15, 0.2) is 0 Å². The predicted molar refractivity (Wildman–Crippen MR) is 87.3 cm³/mol. The fraction of sp³-hybridized carbons (Fsp3) is 0.444. The van der Waals surface area contributed by atoms with Crippen molar-refractivity contribution in [2.24, 2.45) is 4.99 Å². The molecule has 0 heterocycles. The van der Waals surface area contributed by atoms with Gasteiger partial charge in [0.05, 0.1) is 24.1 Å². The molecule has 104 valence electrons. The van der Waals surface area contributed by atoms with Gasteiger partial charge in [0, 0.05) is 5.71 Å². The van der Waals surface area contributed by atoms with Crippen LogP contribution in [0.2, 0.25) is 0 Å². The molecule has 0 bridgehead atoms. The minimum atomic E-state index is 0.511. The van der Waals surface area contributed by atoms with E-state index in [1.54, 1.807) is 0 Å². The summed E-state index contributed by atoms with van der Waals surface area (Å²) in [6.45, 7) is 6.04. The summed E-state index contributed by atoms with van der Waals surface area (Å²) in [5.41, 5.74) is 4.36. The zero-order valence-electron chi connectivity index (χ0n) is 12.7. The summed E-state index contributed by atoms with van der Waals surface area (Å²) in [4.78, 5) is 9.31. The highest BCUT2D eigenvalue weighted by atomic mass is 14.8. The Morgan fingerprint density at radius 2 is 1.80 bits per heavy atom. The van der Waals surface area contributed by atoms with Crippen LogP contribution in [0.5, 0.6) is 0 Å². The summed E-state index contributed by atoms with van der Waals surface area (Å²) >= 11 is 0. The van der Waals surface area contributed by atoms with E-state index in [-0.39, 0.29) is 0 Å². The number of aliphatic imine (C=N–C) groups is 1. The van der Waals surface area contributed by atoms with E-state index < -0.39 is 0 Å². The standard InChI is InChI=1S/C18H23N2/c1-4-19-18(16-10-6-5-7-11-16)14(2)15(3)20-17-12-8-9-13-17/h5-7,10-11,17H,8-9,12-13H2,1-3H3/q+1/b18-14-,20-15?. The van der Waals surface area contributed by atoms with Crippen LogP contribution >= 0.6 is 0 Å². The average Bonchev–Trinajstić information content (AvgIpc) is 2.98. The minimum absolute atomic E-state index is 0.511. The smallest absolute Gasteiger partial charge is 0.286 e. The van der Waals surface area contributed by atoms with Crippen molar-refractivity contribution in [2.45, 2.75) is 52.5 Å². The van der Waals surface area contributed by atoms with Gasteiger partial charge in [-0.2, -0.15) is 0 Å². The number of hydrogen-bond acceptors (Lipinski definition) is 1. The Kier molecular flexibility index (Phi) is 5.12. The lowest BCUT2D eigenvalue weighted by atomic mass is 10.0. The van der Waals surface area contributed by atoms with E-state index >= 15 is 0 Å². The molecule has 1 aromatic rings. The van der Waals surface area contributed by atoms with Crippen molar-refractivity contribution >= 4 is 11.4 Å². The lowest BCUT2D eigenvalue weighted by Crippen LogP contribution is -2.04. The number of rotatable bonds is 3. The van der Waals surface area contributed by atoms with Crippen LogP contribution in [0.15, 0.2) is 40.9 Å². The van der Waals surface area contributed by atoms with Gasteiger partial charge in [-0.25, -0.2) is 0 Å². The SMILES string of the molecule is CC#[N+]/C(=C(/C)C(C)=NC1CCCC1)c1ccccc1. The van der Waals surface area contributed by atoms with Gasteiger partial charge in [-0.1, -0.05) is 31.0 Å². The van der Waals surface area contributed by atoms with Crippen molar-refractivity contribution in [1.29, 1.82) is 0 Å². The Bertz CT molecular complexity index is 564. The Morgan fingerprint density at radius 1 is 1.15 bits per heavy atom. The van der Waals surface area contributed by atoms with Crippen LogP contribution in [0.1, 0.15) is 52.0 Å². The second-order valence-corrected chi connectivity index (χ2v) is 5.33. The van der Waals surface area contributed by atoms with Crippen LogP contribution in [0.4, 0.5) is 0 Å². The van der Waals surface area contributed by atoms with Crippen molar-refractivity contribution in [3.63, 3.8) is 0 Å². The third-order valence-corrected chi connectivity index (χ3v) is 3.87. The first-order chi connectivity index (χ1) is 9.72. The van der Waals surface area contributed by atoms with Crippen molar-refractivity contribution in [3.05, 3.63) is 46.3 Å². The number of allylic oxidation sites excluding steroid dienone is 1. The van der Waals surface area contributed by atoms with E-state index in [1.165, 1.54) is 25.7 Å². The zero-order valence-corrected chi connectivity index (χ0v) is 12.7. The summed E-state index contributed by atoms with van der Waals surface area (Å²) in [6, 6.07) is 13.7. The molecule has 0 saturated heterocycles. The van der Waals surface area contributed by atoms with E-state index in [9.17, 15) is 0 Å². The predicted octanol–water partition coefficient (Wildman–Crippen LogP) is 5.17. The second kappa shape index (κ2) is 7.05. The van der Waals surface area contributed by atoms with Crippen LogP contribution in [-0.4, -0.2) is 11.8 Å². The molecule has 0 N–H and O–H groups in total. The van der Waals surface area contributed by atoms with Crippen LogP contribution < -0.4 is 0 Å². The van der Waals surface area contributed by atoms with Crippen LogP contribution in [0, 0.1) is 6.07 Å². The third-order valence-electron chi connectivity index (χ3n) is 3.87. The average molecular weight is 267 g/mol. The van der Waals surface area contributed by atoms with Gasteiger partial charge in [-0.05, 0) is 43.7 Å². The summed E-state index contributed by atoms with van der Waals surface area (Å²) in [5, 5.41) is 0. The molecule has 1 aliphatic rings. The Labute approximate surface area is 122 Å². The number of hydrogen-bond donors (Lipinski definition) is 0. The quantitative estimate of drug-likeness (QED) is 0.672. The molecule has 2 nitrogen and oxygen atoms in total. The Balaban J connectivity index is 2.36. The van der Waals surface area contributed by atoms with E-state index in [1.807, 2.05) is 25.1 Å². The molecule has 1 saturated carbocycles. The van der Waals surface area contributed by atoms with Gasteiger partial charge in [0.25, 0.3) is 6.07 Å². The first kappa shape index (κ1) is 14.5. The Hall–Kier alpha value is -1.88. The van der Waals surface area contributed by atoms with Crippen LogP contribution in [0.25, 0.3) is 10.5 Å². The largest absolute Gasteiger partial charge is 0.351 e. The summed E-state index contributed by atoms with van der Waals surface area (Å²) in [6.07, 6.45) is 5.09. The first-order valence-electron chi connectivity index (χ1n) is 7.41. The van der Waals surface area contributed by atoms with Gasteiger partial charge in [0.1, 0.15) is 0 Å². The fourth-order valence-electron chi connectivity index (χ4n) is 2.65. The normalized spacial score (nSPS) is 17.4. The molecular formula is C18H23N2+. The van der Waals surface area contributed by atoms with Crippen molar-refractivity contribution < 1.29 is 0 Å². The summed E-state index contributed by atoms with van der Waals surface area (Å²) < 4.78 is 0. The van der Waals surface area contributed by atoms with Crippen molar-refractivity contribution in [3.8, 4) is 6.07 Å². The molecule has 0 spiro atoms. The molecule has 1 fully saturated rings. The maximum Gasteiger partial charge on any atom is 0.351 e. The van der Waals surface area contributed by atoms with Gasteiger partial charge in [0.2, 0.25) is 0 Å². The van der Waals surface area contributed by atoms with E-state index in [0.29, 0.717) is 6.04 Å². The molecule has 1 aromatic carbocycles. The molecule has 0 atom stereocenters. The van der Waals surface area contributed by atoms with Gasteiger partial charge < -0.3 is 0 Å². The maximum atomic E-state index is 4.88. The molecule has 0 aromatic heterocycles. The van der Waals surface area contributed by atoms with E-state index in [4.69, 9.17) is 4.99 Å². The topological polar surface area (TPSA) is 16.7 Å². The fourth-order valence-corrected chi connectivity index (χ4v) is 2.65. The van der Waals surface area contributed by atoms with Gasteiger partial charge in [-0.3, -0.25) is 4.99 Å². The zero-order chi connectivity index (χ0) is 14.4. The van der Waals surface area contributed by atoms with Crippen molar-refractivity contribution in [2.75, 3.05) is 0 Å². The molecule has 20 heavy (non-hydrogen) atoms. The maximum absolute atomic E-state index is 4.88. The monoisotopic (exact) mass is 267 g/mol. The van der Waals surface area contributed by atoms with Gasteiger partial charge >= 0.3 is 5.70 Å². The molecular weight excluding hydrogens is 244 g/mol. The number of benzene rings is 1. The highest BCUT2D eigenvalue weighted by Gasteiger charge is 2.19. The highest BCUT2D eigenvalue weighted by molar-refractivity contribution is 6.05. The van der Waals surface area contributed by atoms with E-state index in [0.717, 1.165) is 22.5 Å². The van der Waals surface area contributed by atoms with Crippen LogP contribution in [-0.2, 0) is 0 Å². The highest BCUT2D eigenvalue weighted by Crippen LogP contribution is 2.24. The van der Waals surface area contributed by atoms with Crippen molar-refractivity contribution in [1.82, 2.24) is 0 Å². The molecule has 1 aliphatic carbocycles. The summed E-state index contributed by atoms with van der Waals surface area (Å²) in [5.74, 6) is 0. The summed E-state index contributed by atoms with van der Waals surface area (Å²) in [7, 11) is 0. The minimum Gasteiger partial charge on any atom is -0.286 e. The van der Waals surface area contributed by atoms with E-state index in [2.05, 4.69) is 36.9 Å². The molecule has 2 heteroatoms. The number of nitrogens with zero attached hydrogens (tertiary/aromatic N) is 2. The Morgan fingerprint density at radius 3 is 2.40 bits per heavy atom. The molecule has 0 unspecified atom stereocenters. The third kappa shape index (κ3) is 3.57. The molecule has 2 rings (SSSR count).